The van der Waals surface area contributed by atoms with Crippen molar-refractivity contribution in [3.63, 3.8) is 0 Å². The summed E-state index contributed by atoms with van der Waals surface area (Å²) in [5.74, 6) is 3.03. The highest BCUT2D eigenvalue weighted by Crippen LogP contribution is 2.34. The highest BCUT2D eigenvalue weighted by atomic mass is 16.5. The maximum atomic E-state index is 5.94. The molecule has 1 heteroatoms. The minimum absolute atomic E-state index is 0.880. The third-order valence-corrected chi connectivity index (χ3v) is 5.95. The molecule has 1 nitrogen and oxygen atoms in total. The standard InChI is InChI=1S/C24H40O/c1-3-5-7-10-22-12-14-23(15-13-22)11-8-20-25-24-18-16-21(17-19-24)9-6-4-2/h16-19,22-23H,3-15,20H2,1-2H3/t22-,23-. The van der Waals surface area contributed by atoms with Gasteiger partial charge in [-0.3, -0.25) is 0 Å². The minimum Gasteiger partial charge on any atom is -0.494 e. The fourth-order valence-electron chi connectivity index (χ4n) is 4.19. The van der Waals surface area contributed by atoms with Crippen LogP contribution < -0.4 is 4.74 Å². The van der Waals surface area contributed by atoms with Gasteiger partial charge in [0.25, 0.3) is 0 Å². The molecule has 1 aliphatic carbocycles. The molecule has 0 heterocycles. The number of aryl methyl sites for hydroxylation is 1. The fourth-order valence-corrected chi connectivity index (χ4v) is 4.19. The zero-order chi connectivity index (χ0) is 17.7. The molecule has 0 spiro atoms. The third-order valence-electron chi connectivity index (χ3n) is 5.95. The molecule has 142 valence electrons. The monoisotopic (exact) mass is 344 g/mol. The van der Waals surface area contributed by atoms with Gasteiger partial charge in [0, 0.05) is 0 Å². The lowest BCUT2D eigenvalue weighted by Gasteiger charge is -2.28. The Morgan fingerprint density at radius 2 is 1.36 bits per heavy atom. The van der Waals surface area contributed by atoms with Crippen LogP contribution >= 0.6 is 0 Å². The first-order valence-corrected chi connectivity index (χ1v) is 11.0. The van der Waals surface area contributed by atoms with Crippen molar-refractivity contribution < 1.29 is 4.74 Å². The summed E-state index contributed by atoms with van der Waals surface area (Å²) in [6.07, 6.45) is 17.9. The van der Waals surface area contributed by atoms with Gasteiger partial charge in [-0.1, -0.05) is 83.8 Å². The average Bonchev–Trinajstić information content (AvgIpc) is 2.66. The van der Waals surface area contributed by atoms with Crippen molar-refractivity contribution in [2.24, 2.45) is 11.8 Å². The second-order valence-corrected chi connectivity index (χ2v) is 8.12. The van der Waals surface area contributed by atoms with Crippen molar-refractivity contribution >= 4 is 0 Å². The van der Waals surface area contributed by atoms with Crippen LogP contribution in [0.15, 0.2) is 24.3 Å². The van der Waals surface area contributed by atoms with Crippen LogP contribution in [-0.4, -0.2) is 6.61 Å². The van der Waals surface area contributed by atoms with Gasteiger partial charge in [0.15, 0.2) is 0 Å². The van der Waals surface area contributed by atoms with Gasteiger partial charge in [0.05, 0.1) is 6.61 Å². The van der Waals surface area contributed by atoms with Crippen molar-refractivity contribution in [1.82, 2.24) is 0 Å². The Kier molecular flexibility index (Phi) is 10.1. The molecule has 0 saturated heterocycles. The van der Waals surface area contributed by atoms with E-state index in [0.717, 1.165) is 24.2 Å². The Labute approximate surface area is 156 Å². The molecule has 1 aliphatic rings. The molecule has 0 amide bonds. The van der Waals surface area contributed by atoms with Gasteiger partial charge in [-0.15, -0.1) is 0 Å². The Morgan fingerprint density at radius 3 is 1.96 bits per heavy atom. The van der Waals surface area contributed by atoms with Gasteiger partial charge in [-0.25, -0.2) is 0 Å². The maximum Gasteiger partial charge on any atom is 0.119 e. The number of unbranched alkanes of at least 4 members (excludes halogenated alkanes) is 3. The van der Waals surface area contributed by atoms with Gasteiger partial charge >= 0.3 is 0 Å². The number of benzene rings is 1. The Hall–Kier alpha value is -0.980. The van der Waals surface area contributed by atoms with Gasteiger partial charge in [0.1, 0.15) is 5.75 Å². The Morgan fingerprint density at radius 1 is 0.760 bits per heavy atom. The van der Waals surface area contributed by atoms with E-state index in [1.54, 1.807) is 0 Å². The van der Waals surface area contributed by atoms with Crippen LogP contribution in [0.4, 0.5) is 0 Å². The van der Waals surface area contributed by atoms with Crippen LogP contribution in [0, 0.1) is 11.8 Å². The quantitative estimate of drug-likeness (QED) is 0.355. The van der Waals surface area contributed by atoms with Crippen molar-refractivity contribution in [2.45, 2.75) is 97.3 Å². The van der Waals surface area contributed by atoms with Crippen molar-refractivity contribution in [3.05, 3.63) is 29.8 Å². The first-order chi connectivity index (χ1) is 12.3. The first kappa shape index (κ1) is 20.3. The topological polar surface area (TPSA) is 9.23 Å². The highest BCUT2D eigenvalue weighted by molar-refractivity contribution is 5.27. The molecule has 1 saturated carbocycles. The normalized spacial score (nSPS) is 20.6. The summed E-state index contributed by atoms with van der Waals surface area (Å²) < 4.78 is 5.94. The molecule has 0 aromatic heterocycles. The zero-order valence-corrected chi connectivity index (χ0v) is 16.8. The van der Waals surface area contributed by atoms with Gasteiger partial charge in [-0.2, -0.15) is 0 Å². The number of hydrogen-bond donors (Lipinski definition) is 0. The van der Waals surface area contributed by atoms with Crippen molar-refractivity contribution in [3.8, 4) is 5.75 Å². The molecule has 0 unspecified atom stereocenters. The minimum atomic E-state index is 0.880. The van der Waals surface area contributed by atoms with Gasteiger partial charge < -0.3 is 4.74 Å². The van der Waals surface area contributed by atoms with Crippen LogP contribution in [0.2, 0.25) is 0 Å². The Bertz CT molecular complexity index is 428. The lowest BCUT2D eigenvalue weighted by Crippen LogP contribution is -2.15. The summed E-state index contributed by atoms with van der Waals surface area (Å²) in [4.78, 5) is 0. The summed E-state index contributed by atoms with van der Waals surface area (Å²) >= 11 is 0. The lowest BCUT2D eigenvalue weighted by molar-refractivity contribution is 0.228. The summed E-state index contributed by atoms with van der Waals surface area (Å²) in [5.41, 5.74) is 1.44. The number of rotatable bonds is 12. The van der Waals surface area contributed by atoms with Crippen molar-refractivity contribution in [2.75, 3.05) is 6.61 Å². The first-order valence-electron chi connectivity index (χ1n) is 11.0. The maximum absolute atomic E-state index is 5.94. The van der Waals surface area contributed by atoms with E-state index in [1.807, 2.05) is 0 Å². The molecule has 0 aliphatic heterocycles. The summed E-state index contributed by atoms with van der Waals surface area (Å²) in [6, 6.07) is 8.74. The summed E-state index contributed by atoms with van der Waals surface area (Å²) in [7, 11) is 0. The van der Waals surface area contributed by atoms with Crippen LogP contribution in [0.5, 0.6) is 5.75 Å². The van der Waals surface area contributed by atoms with E-state index in [-0.39, 0.29) is 0 Å². The van der Waals surface area contributed by atoms with E-state index in [0.29, 0.717) is 0 Å². The van der Waals surface area contributed by atoms with Gasteiger partial charge in [-0.05, 0) is 55.2 Å². The van der Waals surface area contributed by atoms with E-state index in [9.17, 15) is 0 Å². The third kappa shape index (κ3) is 8.29. The molecular formula is C24H40O. The van der Waals surface area contributed by atoms with E-state index in [2.05, 4.69) is 38.1 Å². The van der Waals surface area contributed by atoms with E-state index in [1.165, 1.54) is 89.0 Å². The highest BCUT2D eigenvalue weighted by Gasteiger charge is 2.20. The summed E-state index contributed by atoms with van der Waals surface area (Å²) in [5, 5.41) is 0. The molecule has 2 rings (SSSR count). The van der Waals surface area contributed by atoms with Crippen LogP contribution in [-0.2, 0) is 6.42 Å². The zero-order valence-electron chi connectivity index (χ0n) is 16.8. The summed E-state index contributed by atoms with van der Waals surface area (Å²) in [6.45, 7) is 5.43. The Balaban J connectivity index is 1.53. The number of ether oxygens (including phenoxy) is 1. The average molecular weight is 345 g/mol. The lowest BCUT2D eigenvalue weighted by atomic mass is 9.78. The van der Waals surface area contributed by atoms with Crippen LogP contribution in [0.1, 0.15) is 96.5 Å². The molecule has 0 atom stereocenters. The van der Waals surface area contributed by atoms with E-state index < -0.39 is 0 Å². The molecule has 0 radical (unpaired) electrons. The predicted molar refractivity (Wildman–Crippen MR) is 109 cm³/mol. The molecular weight excluding hydrogens is 304 g/mol. The van der Waals surface area contributed by atoms with Crippen LogP contribution in [0.3, 0.4) is 0 Å². The predicted octanol–water partition coefficient (Wildman–Crippen LogP) is 7.57. The smallest absolute Gasteiger partial charge is 0.119 e. The van der Waals surface area contributed by atoms with Crippen molar-refractivity contribution in [1.29, 1.82) is 0 Å². The molecule has 1 aromatic carbocycles. The second kappa shape index (κ2) is 12.4. The SMILES string of the molecule is CCCCC[C@H]1CC[C@H](CCCOc2ccc(CCCC)cc2)CC1. The molecule has 0 bridgehead atoms. The molecule has 1 aromatic rings. The van der Waals surface area contributed by atoms with E-state index >= 15 is 0 Å². The van der Waals surface area contributed by atoms with Crippen LogP contribution in [0.25, 0.3) is 0 Å². The molecule has 0 N–H and O–H groups in total. The molecule has 25 heavy (non-hydrogen) atoms. The number of hydrogen-bond acceptors (Lipinski definition) is 1. The fraction of sp³-hybridized carbons (Fsp3) is 0.750. The van der Waals surface area contributed by atoms with Gasteiger partial charge in [0.2, 0.25) is 0 Å². The molecule has 1 fully saturated rings. The largest absolute Gasteiger partial charge is 0.494 e. The van der Waals surface area contributed by atoms with E-state index in [4.69, 9.17) is 4.74 Å². The second-order valence-electron chi connectivity index (χ2n) is 8.12.